The molecule has 3 rings (SSSR count). The van der Waals surface area contributed by atoms with Crippen molar-refractivity contribution in [2.75, 3.05) is 30.8 Å². The summed E-state index contributed by atoms with van der Waals surface area (Å²) in [6.07, 6.45) is 4.50. The number of methoxy groups -OCH3 is 1. The molecule has 1 aliphatic rings. The molecule has 6 heteroatoms. The number of carbonyl (C=O) groups excluding carboxylic acids is 2. The minimum Gasteiger partial charge on any atom is -0.380 e. The van der Waals surface area contributed by atoms with Crippen LogP contribution in [0.2, 0.25) is 0 Å². The van der Waals surface area contributed by atoms with Crippen LogP contribution >= 0.6 is 0 Å². The summed E-state index contributed by atoms with van der Waals surface area (Å²) in [5, 5.41) is 5.80. The summed E-state index contributed by atoms with van der Waals surface area (Å²) in [7, 11) is 1.64. The van der Waals surface area contributed by atoms with Crippen LogP contribution in [0.4, 0.5) is 16.2 Å². The fourth-order valence-corrected chi connectivity index (χ4v) is 3.24. The van der Waals surface area contributed by atoms with Crippen molar-refractivity contribution < 1.29 is 14.3 Å². The van der Waals surface area contributed by atoms with Crippen molar-refractivity contribution in [3.63, 3.8) is 0 Å². The number of nitrogens with one attached hydrogen (secondary N) is 2. The molecule has 1 heterocycles. The van der Waals surface area contributed by atoms with Gasteiger partial charge < -0.3 is 20.3 Å². The molecule has 28 heavy (non-hydrogen) atoms. The lowest BCUT2D eigenvalue weighted by Gasteiger charge is -2.20. The van der Waals surface area contributed by atoms with Crippen LogP contribution in [0, 0.1) is 0 Å². The third-order valence-corrected chi connectivity index (χ3v) is 4.81. The second-order valence-corrected chi connectivity index (χ2v) is 6.99. The molecule has 0 saturated carbocycles. The average Bonchev–Trinajstić information content (AvgIpc) is 3.00. The van der Waals surface area contributed by atoms with Gasteiger partial charge in [0, 0.05) is 37.1 Å². The van der Waals surface area contributed by atoms with Gasteiger partial charge >= 0.3 is 6.03 Å². The fraction of sp³-hybridized carbons (Fsp3) is 0.364. The van der Waals surface area contributed by atoms with Gasteiger partial charge in [-0.2, -0.15) is 0 Å². The van der Waals surface area contributed by atoms with Crippen molar-refractivity contribution in [1.29, 1.82) is 0 Å². The highest BCUT2D eigenvalue weighted by atomic mass is 16.5. The summed E-state index contributed by atoms with van der Waals surface area (Å²) < 4.78 is 5.07. The van der Waals surface area contributed by atoms with Gasteiger partial charge in [0.2, 0.25) is 0 Å². The number of likely N-dealkylation sites (tertiary alicyclic amines) is 1. The van der Waals surface area contributed by atoms with Gasteiger partial charge in [0.25, 0.3) is 5.91 Å². The molecule has 2 N–H and O–H groups in total. The maximum atomic E-state index is 12.4. The highest BCUT2D eigenvalue weighted by molar-refractivity contribution is 6.04. The molecule has 0 unspecified atom stereocenters. The van der Waals surface area contributed by atoms with Gasteiger partial charge in [0.05, 0.1) is 6.61 Å². The van der Waals surface area contributed by atoms with E-state index in [2.05, 4.69) is 10.6 Å². The molecule has 2 aromatic carbocycles. The SMILES string of the molecule is COCc1ccc(C(=O)Nc2ccc(NC(=O)N3CCCCCC3)cc2)cc1. The Labute approximate surface area is 165 Å². The number of nitrogens with zero attached hydrogens (tertiary/aromatic N) is 1. The van der Waals surface area contributed by atoms with Crippen LogP contribution in [-0.4, -0.2) is 37.0 Å². The van der Waals surface area contributed by atoms with Crippen molar-refractivity contribution in [3.05, 3.63) is 59.7 Å². The Balaban J connectivity index is 1.54. The molecule has 0 radical (unpaired) electrons. The molecule has 0 aromatic heterocycles. The minimum absolute atomic E-state index is 0.0603. The quantitative estimate of drug-likeness (QED) is 0.801. The number of rotatable bonds is 5. The number of carbonyl (C=O) groups is 2. The summed E-state index contributed by atoms with van der Waals surface area (Å²) in [5.41, 5.74) is 3.00. The molecule has 1 saturated heterocycles. The molecule has 0 atom stereocenters. The van der Waals surface area contributed by atoms with Gasteiger partial charge in [-0.1, -0.05) is 25.0 Å². The van der Waals surface area contributed by atoms with Gasteiger partial charge in [-0.15, -0.1) is 0 Å². The second-order valence-electron chi connectivity index (χ2n) is 6.99. The zero-order valence-electron chi connectivity index (χ0n) is 16.2. The number of amides is 3. The molecule has 3 amide bonds. The van der Waals surface area contributed by atoms with Gasteiger partial charge in [-0.3, -0.25) is 4.79 Å². The van der Waals surface area contributed by atoms with Crippen LogP contribution in [-0.2, 0) is 11.3 Å². The normalized spacial score (nSPS) is 14.2. The van der Waals surface area contributed by atoms with Crippen LogP contribution in [0.25, 0.3) is 0 Å². The van der Waals surface area contributed by atoms with E-state index in [4.69, 9.17) is 4.74 Å². The number of ether oxygens (including phenoxy) is 1. The lowest BCUT2D eigenvalue weighted by Crippen LogP contribution is -2.35. The minimum atomic E-state index is -0.176. The monoisotopic (exact) mass is 381 g/mol. The maximum absolute atomic E-state index is 12.4. The first-order chi connectivity index (χ1) is 13.7. The van der Waals surface area contributed by atoms with Crippen LogP contribution in [0.15, 0.2) is 48.5 Å². The molecular formula is C22H27N3O3. The lowest BCUT2D eigenvalue weighted by molar-refractivity contribution is 0.102. The summed E-state index contributed by atoms with van der Waals surface area (Å²) >= 11 is 0. The maximum Gasteiger partial charge on any atom is 0.321 e. The first-order valence-corrected chi connectivity index (χ1v) is 9.71. The van der Waals surface area contributed by atoms with Gasteiger partial charge in [-0.05, 0) is 54.8 Å². The summed E-state index contributed by atoms with van der Waals surface area (Å²) in [6, 6.07) is 14.4. The number of hydrogen-bond donors (Lipinski definition) is 2. The zero-order chi connectivity index (χ0) is 19.8. The third kappa shape index (κ3) is 5.57. The van der Waals surface area contributed by atoms with E-state index in [0.717, 1.165) is 37.2 Å². The highest BCUT2D eigenvalue weighted by Gasteiger charge is 2.15. The predicted molar refractivity (Wildman–Crippen MR) is 111 cm³/mol. The summed E-state index contributed by atoms with van der Waals surface area (Å²) in [4.78, 5) is 26.6. The van der Waals surface area contributed by atoms with E-state index in [1.165, 1.54) is 12.8 Å². The van der Waals surface area contributed by atoms with Crippen LogP contribution in [0.3, 0.4) is 0 Å². The standard InChI is InChI=1S/C22H27N3O3/c1-28-16-17-6-8-18(9-7-17)21(26)23-19-10-12-20(13-11-19)24-22(27)25-14-4-2-3-5-15-25/h6-13H,2-5,14-16H2,1H3,(H,23,26)(H,24,27). The Morgan fingerprint density at radius 3 is 2.00 bits per heavy atom. The molecule has 0 aliphatic carbocycles. The lowest BCUT2D eigenvalue weighted by atomic mass is 10.1. The number of benzene rings is 2. The van der Waals surface area contributed by atoms with E-state index in [-0.39, 0.29) is 11.9 Å². The second kappa shape index (κ2) is 9.90. The van der Waals surface area contributed by atoms with Crippen molar-refractivity contribution in [3.8, 4) is 0 Å². The van der Waals surface area contributed by atoms with Gasteiger partial charge in [0.1, 0.15) is 0 Å². The van der Waals surface area contributed by atoms with Crippen molar-refractivity contribution in [1.82, 2.24) is 4.90 Å². The van der Waals surface area contributed by atoms with Crippen LogP contribution in [0.5, 0.6) is 0 Å². The van der Waals surface area contributed by atoms with Crippen LogP contribution < -0.4 is 10.6 Å². The van der Waals surface area contributed by atoms with Gasteiger partial charge in [0.15, 0.2) is 0 Å². The topological polar surface area (TPSA) is 70.7 Å². The Morgan fingerprint density at radius 2 is 1.43 bits per heavy atom. The van der Waals surface area contributed by atoms with E-state index in [9.17, 15) is 9.59 Å². The predicted octanol–water partition coefficient (Wildman–Crippen LogP) is 4.49. The van der Waals surface area contributed by atoms with Crippen LogP contribution in [0.1, 0.15) is 41.6 Å². The summed E-state index contributed by atoms with van der Waals surface area (Å²) in [6.45, 7) is 2.14. The fourth-order valence-electron chi connectivity index (χ4n) is 3.24. The Morgan fingerprint density at radius 1 is 0.857 bits per heavy atom. The Kier molecular flexibility index (Phi) is 7.03. The van der Waals surface area contributed by atoms with E-state index in [0.29, 0.717) is 17.9 Å². The molecule has 1 fully saturated rings. The van der Waals surface area contributed by atoms with Gasteiger partial charge in [-0.25, -0.2) is 4.79 Å². The number of anilines is 2. The van der Waals surface area contributed by atoms with E-state index < -0.39 is 0 Å². The first kappa shape index (κ1) is 19.9. The van der Waals surface area contributed by atoms with E-state index in [1.807, 2.05) is 17.0 Å². The Bertz CT molecular complexity index is 780. The Hall–Kier alpha value is -2.86. The molecule has 148 valence electrons. The largest absolute Gasteiger partial charge is 0.380 e. The van der Waals surface area contributed by atoms with Crippen molar-refractivity contribution >= 4 is 23.3 Å². The molecule has 6 nitrogen and oxygen atoms in total. The zero-order valence-corrected chi connectivity index (χ0v) is 16.2. The van der Waals surface area contributed by atoms with E-state index in [1.54, 1.807) is 43.5 Å². The first-order valence-electron chi connectivity index (χ1n) is 9.71. The molecular weight excluding hydrogens is 354 g/mol. The average molecular weight is 381 g/mol. The number of urea groups is 1. The molecule has 0 bridgehead atoms. The summed E-state index contributed by atoms with van der Waals surface area (Å²) in [5.74, 6) is -0.176. The van der Waals surface area contributed by atoms with Crippen molar-refractivity contribution in [2.45, 2.75) is 32.3 Å². The van der Waals surface area contributed by atoms with E-state index >= 15 is 0 Å². The molecule has 0 spiro atoms. The molecule has 2 aromatic rings. The number of hydrogen-bond acceptors (Lipinski definition) is 3. The van der Waals surface area contributed by atoms with Crippen molar-refractivity contribution in [2.24, 2.45) is 0 Å². The third-order valence-electron chi connectivity index (χ3n) is 4.81. The highest BCUT2D eigenvalue weighted by Crippen LogP contribution is 2.17. The molecule has 1 aliphatic heterocycles. The smallest absolute Gasteiger partial charge is 0.321 e.